The molecule has 5 heterocycles. The summed E-state index contributed by atoms with van der Waals surface area (Å²) >= 11 is 0. The highest BCUT2D eigenvalue weighted by atomic mass is 31.2. The second-order valence-electron chi connectivity index (χ2n) is 18.8. The topological polar surface area (TPSA) is 217 Å². The third-order valence-electron chi connectivity index (χ3n) is 14.9. The van der Waals surface area contributed by atoms with Crippen LogP contribution in [0.1, 0.15) is 133 Å². The predicted molar refractivity (Wildman–Crippen MR) is 216 cm³/mol. The van der Waals surface area contributed by atoms with E-state index >= 15 is 0 Å². The smallest absolute Gasteiger partial charge is 0.471 e. The lowest BCUT2D eigenvalue weighted by atomic mass is 9.72. The van der Waals surface area contributed by atoms with Crippen molar-refractivity contribution < 1.29 is 72.2 Å². The number of aliphatic hydroxyl groups is 2. The number of rotatable bonds is 16. The maximum absolute atomic E-state index is 14.9. The number of phosphoric acid groups is 1. The van der Waals surface area contributed by atoms with Crippen molar-refractivity contribution >= 4 is 19.6 Å². The standard InChI is InChI=1S/C43H73O15P/c1-11-30(39(46)47)32-15-14-24(4)36(55-32)28(8)38(52-23-53-59(49,50)51)27(7)35(45)31(12-2)37-25(5)22-26(6)42(56-37)19-16-33(44)43(58-42)21-20-40(10,57-43)34-17-18-41(48,13-3)29(9)54-34/h16,19,24-34,36-38,44,48H,11-15,17-18,20-23H2,1-10H3,(H,46,47)(H2,49,50,51)/t24-,25+,26-,27+,28+,29+,30+,31?,32?,33-,34-,36+,37+,38+,40+,41-,42-,43-/m1/s1. The zero-order valence-electron chi connectivity index (χ0n) is 36.8. The highest BCUT2D eigenvalue weighted by Crippen LogP contribution is 2.54. The largest absolute Gasteiger partial charge is 0.481 e. The van der Waals surface area contributed by atoms with E-state index in [1.54, 1.807) is 19.1 Å². The van der Waals surface area contributed by atoms with E-state index in [9.17, 15) is 39.3 Å². The van der Waals surface area contributed by atoms with Crippen LogP contribution in [0.3, 0.4) is 0 Å². The zero-order valence-corrected chi connectivity index (χ0v) is 37.7. The molecule has 5 N–H and O–H groups in total. The van der Waals surface area contributed by atoms with Crippen molar-refractivity contribution in [3.05, 3.63) is 12.2 Å². The Hall–Kier alpha value is -1.33. The van der Waals surface area contributed by atoms with Crippen LogP contribution in [0.15, 0.2) is 12.2 Å². The molecule has 0 aromatic rings. The van der Waals surface area contributed by atoms with Crippen LogP contribution in [0.2, 0.25) is 0 Å². The van der Waals surface area contributed by atoms with Crippen LogP contribution >= 0.6 is 7.82 Å². The lowest BCUT2D eigenvalue weighted by molar-refractivity contribution is -0.409. The van der Waals surface area contributed by atoms with Crippen molar-refractivity contribution in [1.82, 2.24) is 0 Å². The molecule has 4 fully saturated rings. The van der Waals surface area contributed by atoms with Crippen LogP contribution in [0.25, 0.3) is 0 Å². The Kier molecular flexibility index (Phi) is 15.5. The molecular formula is C43H73O15P. The van der Waals surface area contributed by atoms with E-state index in [0.29, 0.717) is 64.2 Å². The minimum Gasteiger partial charge on any atom is -0.481 e. The summed E-state index contributed by atoms with van der Waals surface area (Å²) in [5.74, 6) is -6.84. The van der Waals surface area contributed by atoms with Crippen molar-refractivity contribution in [1.29, 1.82) is 0 Å². The Balaban J connectivity index is 1.38. The fraction of sp³-hybridized carbons (Fsp3) is 0.907. The molecule has 18 atom stereocenters. The number of carboxylic acids is 1. The number of ketones is 1. The van der Waals surface area contributed by atoms with Gasteiger partial charge in [-0.1, -0.05) is 55.4 Å². The van der Waals surface area contributed by atoms with Gasteiger partial charge in [-0.25, -0.2) is 4.57 Å². The van der Waals surface area contributed by atoms with Gasteiger partial charge in [-0.3, -0.25) is 14.1 Å². The minimum absolute atomic E-state index is 0.0149. The summed E-state index contributed by atoms with van der Waals surface area (Å²) < 4.78 is 56.1. The molecule has 5 rings (SSSR count). The van der Waals surface area contributed by atoms with E-state index in [0.717, 1.165) is 0 Å². The molecule has 5 aliphatic rings. The first-order valence-electron chi connectivity index (χ1n) is 22.1. The summed E-state index contributed by atoms with van der Waals surface area (Å²) in [7, 11) is -4.90. The molecule has 0 aliphatic carbocycles. The highest BCUT2D eigenvalue weighted by molar-refractivity contribution is 7.46. The number of hydrogen-bond acceptors (Lipinski definition) is 12. The quantitative estimate of drug-likeness (QED) is 0.0656. The van der Waals surface area contributed by atoms with E-state index in [1.165, 1.54) is 0 Å². The van der Waals surface area contributed by atoms with E-state index in [2.05, 4.69) is 0 Å². The van der Waals surface area contributed by atoms with Crippen LogP contribution in [-0.4, -0.2) is 109 Å². The number of hydrogen-bond donors (Lipinski definition) is 5. The summed E-state index contributed by atoms with van der Waals surface area (Å²) in [6, 6.07) is 0. The highest BCUT2D eigenvalue weighted by Gasteiger charge is 2.63. The molecule has 0 aromatic heterocycles. The van der Waals surface area contributed by atoms with Gasteiger partial charge in [-0.05, 0) is 95.6 Å². The van der Waals surface area contributed by atoms with E-state index in [4.69, 9.17) is 32.9 Å². The van der Waals surface area contributed by atoms with E-state index < -0.39 is 104 Å². The molecule has 340 valence electrons. The maximum atomic E-state index is 14.9. The van der Waals surface area contributed by atoms with Crippen molar-refractivity contribution in [3.63, 3.8) is 0 Å². The van der Waals surface area contributed by atoms with Gasteiger partial charge in [0.1, 0.15) is 11.9 Å². The molecule has 59 heavy (non-hydrogen) atoms. The Morgan fingerprint density at radius 3 is 2.19 bits per heavy atom. The predicted octanol–water partition coefficient (Wildman–Crippen LogP) is 6.28. The van der Waals surface area contributed by atoms with E-state index in [-0.39, 0.29) is 29.6 Å². The molecule has 0 radical (unpaired) electrons. The van der Waals surface area contributed by atoms with Crippen molar-refractivity contribution in [2.45, 2.75) is 199 Å². The lowest BCUT2D eigenvalue weighted by Crippen LogP contribution is -2.63. The SMILES string of the molecule is CCC(C(=O)[C@H](C)[C@H](OCOP(=O)(O)O)[C@@H](C)[C@H]1OC([C@H](CC)C(=O)O)CC[C@H]1C)[C@H]1O[C@@]2(C=C[C@@H](O)[C@@]3(CC[C@@](C)([C@H]4CC[C@](O)(CC)[C@H](C)O4)O3)O2)[C@H](C)C[C@@H]1C. The van der Waals surface area contributed by atoms with Crippen LogP contribution in [0.5, 0.6) is 0 Å². The van der Waals surface area contributed by atoms with Gasteiger partial charge in [0, 0.05) is 30.1 Å². The molecule has 5 aliphatic heterocycles. The van der Waals surface area contributed by atoms with E-state index in [1.807, 2.05) is 62.3 Å². The first-order chi connectivity index (χ1) is 27.5. The van der Waals surface area contributed by atoms with Gasteiger partial charge in [0.15, 0.2) is 12.6 Å². The lowest BCUT2D eigenvalue weighted by Gasteiger charge is -2.54. The fourth-order valence-electron chi connectivity index (χ4n) is 11.0. The molecule has 15 nitrogen and oxygen atoms in total. The molecule has 4 saturated heterocycles. The molecule has 0 bridgehead atoms. The van der Waals surface area contributed by atoms with Crippen molar-refractivity contribution in [3.8, 4) is 0 Å². The molecule has 0 amide bonds. The summed E-state index contributed by atoms with van der Waals surface area (Å²) in [4.78, 5) is 45.9. The molecule has 0 aromatic carbocycles. The molecular weight excluding hydrogens is 787 g/mol. The van der Waals surface area contributed by atoms with Crippen molar-refractivity contribution in [2.75, 3.05) is 6.79 Å². The number of Topliss-reactive ketones (excluding diaryl/α,β-unsaturated/α-hetero) is 1. The number of carbonyl (C=O) groups is 2. The van der Waals surface area contributed by atoms with Gasteiger partial charge >= 0.3 is 13.8 Å². The van der Waals surface area contributed by atoms with Gasteiger partial charge in [0.05, 0.1) is 53.7 Å². The van der Waals surface area contributed by atoms with Crippen molar-refractivity contribution in [2.24, 2.45) is 41.4 Å². The summed E-state index contributed by atoms with van der Waals surface area (Å²) in [5, 5.41) is 32.5. The second-order valence-corrected chi connectivity index (χ2v) is 20.0. The zero-order chi connectivity index (χ0) is 43.9. The van der Waals surface area contributed by atoms with Crippen LogP contribution < -0.4 is 0 Å². The molecule has 0 saturated carbocycles. The third kappa shape index (κ3) is 10.1. The molecule has 2 spiro atoms. The first kappa shape index (κ1) is 48.7. The molecule has 16 heteroatoms. The Morgan fingerprint density at radius 2 is 1.59 bits per heavy atom. The average molecular weight is 861 g/mol. The first-order valence-corrected chi connectivity index (χ1v) is 23.6. The summed E-state index contributed by atoms with van der Waals surface area (Å²) in [6.07, 6.45) is 4.37. The summed E-state index contributed by atoms with van der Waals surface area (Å²) in [6.45, 7) is 18.4. The van der Waals surface area contributed by atoms with Crippen LogP contribution in [0, 0.1) is 41.4 Å². The van der Waals surface area contributed by atoms with Gasteiger partial charge in [-0.15, -0.1) is 0 Å². The summed E-state index contributed by atoms with van der Waals surface area (Å²) in [5.41, 5.74) is -1.72. The third-order valence-corrected chi connectivity index (χ3v) is 15.3. The number of carboxylic acid groups (broad SMARTS) is 1. The Bertz CT molecular complexity index is 1540. The molecule has 2 unspecified atom stereocenters. The van der Waals surface area contributed by atoms with Gasteiger partial charge < -0.3 is 53.5 Å². The number of aliphatic carboxylic acids is 1. The Labute approximate surface area is 350 Å². The maximum Gasteiger partial charge on any atom is 0.471 e. The van der Waals surface area contributed by atoms with Gasteiger partial charge in [0.25, 0.3) is 0 Å². The number of phosphoric ester groups is 1. The fourth-order valence-corrected chi connectivity index (χ4v) is 11.1. The average Bonchev–Trinajstić information content (AvgIpc) is 3.52. The number of ether oxygens (including phenoxy) is 6. The van der Waals surface area contributed by atoms with Gasteiger partial charge in [0.2, 0.25) is 5.79 Å². The number of aliphatic hydroxyl groups excluding tert-OH is 1. The second kappa shape index (κ2) is 18.8. The minimum atomic E-state index is -4.90. The normalized spacial score (nSPS) is 43.0. The van der Waals surface area contributed by atoms with Crippen LogP contribution in [-0.2, 0) is 47.1 Å². The number of carbonyl (C=O) groups excluding carboxylic acids is 1. The monoisotopic (exact) mass is 860 g/mol. The Morgan fingerprint density at radius 1 is 0.915 bits per heavy atom. The van der Waals surface area contributed by atoms with Crippen LogP contribution in [0.4, 0.5) is 0 Å². The van der Waals surface area contributed by atoms with Gasteiger partial charge in [-0.2, -0.15) is 0 Å².